The first kappa shape index (κ1) is 18.5. The number of rotatable bonds is 1. The number of benzene rings is 1. The van der Waals surface area contributed by atoms with Gasteiger partial charge in [-0.25, -0.2) is 9.78 Å². The number of hydrogen-bond donors (Lipinski definition) is 1. The molecular formula is C23H19N3O4. The molecule has 0 radical (unpaired) electrons. The summed E-state index contributed by atoms with van der Waals surface area (Å²) in [6.45, 7) is 6.24. The van der Waals surface area contributed by atoms with Gasteiger partial charge in [0.1, 0.15) is 6.61 Å². The molecule has 2 aliphatic heterocycles. The van der Waals surface area contributed by atoms with E-state index in [1.807, 2.05) is 13.8 Å². The Balaban J connectivity index is 1.86. The van der Waals surface area contributed by atoms with Crippen molar-refractivity contribution in [3.63, 3.8) is 0 Å². The molecule has 1 unspecified atom stereocenters. The van der Waals surface area contributed by atoms with Gasteiger partial charge < -0.3 is 14.4 Å². The molecule has 30 heavy (non-hydrogen) atoms. The fourth-order valence-corrected chi connectivity index (χ4v) is 4.70. The van der Waals surface area contributed by atoms with E-state index in [0.717, 1.165) is 34.1 Å². The first-order valence-electron chi connectivity index (χ1n) is 9.84. The summed E-state index contributed by atoms with van der Waals surface area (Å²) in [5.74, 6) is -0.754. The lowest BCUT2D eigenvalue weighted by Crippen LogP contribution is -2.32. The summed E-state index contributed by atoms with van der Waals surface area (Å²) in [5, 5.41) is 20.8. The molecule has 4 heterocycles. The van der Waals surface area contributed by atoms with Crippen LogP contribution in [0.15, 0.2) is 16.9 Å². The van der Waals surface area contributed by atoms with Crippen LogP contribution < -0.4 is 5.56 Å². The number of pyridine rings is 2. The highest BCUT2D eigenvalue weighted by Crippen LogP contribution is 2.39. The maximum atomic E-state index is 13.1. The van der Waals surface area contributed by atoms with Gasteiger partial charge >= 0.3 is 5.97 Å². The number of carbonyl (C=O) groups is 1. The zero-order valence-electron chi connectivity index (χ0n) is 16.9. The molecule has 1 N–H and O–H groups in total. The number of hydrogen-bond acceptors (Lipinski definition) is 6. The first-order chi connectivity index (χ1) is 14.4. The van der Waals surface area contributed by atoms with Crippen molar-refractivity contribution in [1.29, 1.82) is 5.26 Å². The summed E-state index contributed by atoms with van der Waals surface area (Å²) in [6.07, 6.45) is -0.724. The number of esters is 1. The number of aliphatic hydroxyl groups is 1. The lowest BCUT2D eigenvalue weighted by atomic mass is 9.91. The molecular weight excluding hydrogens is 382 g/mol. The fraction of sp³-hybridized carbons (Fsp3) is 0.304. The molecule has 1 atom stereocenters. The van der Waals surface area contributed by atoms with E-state index in [1.54, 1.807) is 16.7 Å². The molecule has 3 aromatic rings. The van der Waals surface area contributed by atoms with Crippen LogP contribution in [0.5, 0.6) is 0 Å². The van der Waals surface area contributed by atoms with Crippen molar-refractivity contribution in [3.05, 3.63) is 61.4 Å². The van der Waals surface area contributed by atoms with Gasteiger partial charge in [0, 0.05) is 16.5 Å². The standard InChI is InChI=1S/C23H19N3O4/c1-4-13-15-8-26-18(6-14-16(22(26)28)9-30-23(29)21(14)27)20(15)25-17-5-12(7-24)10(2)11(3)19(13)17/h5-6,21,27H,4,8-9H2,1-3H3. The largest absolute Gasteiger partial charge is 0.458 e. The summed E-state index contributed by atoms with van der Waals surface area (Å²) in [4.78, 5) is 29.8. The van der Waals surface area contributed by atoms with E-state index >= 15 is 0 Å². The number of ether oxygens (including phenoxy) is 1. The van der Waals surface area contributed by atoms with Crippen LogP contribution in [0.25, 0.3) is 22.3 Å². The average molecular weight is 401 g/mol. The second kappa shape index (κ2) is 6.25. The minimum Gasteiger partial charge on any atom is -0.458 e. The minimum absolute atomic E-state index is 0.138. The Morgan fingerprint density at radius 2 is 2.03 bits per heavy atom. The fourth-order valence-electron chi connectivity index (χ4n) is 4.70. The van der Waals surface area contributed by atoms with Gasteiger partial charge in [-0.05, 0) is 49.1 Å². The van der Waals surface area contributed by atoms with Crippen LogP contribution in [-0.4, -0.2) is 20.6 Å². The van der Waals surface area contributed by atoms with E-state index < -0.39 is 12.1 Å². The Bertz CT molecular complexity index is 1400. The van der Waals surface area contributed by atoms with Crippen LogP contribution in [0.1, 0.15) is 52.0 Å². The Hall–Kier alpha value is -3.50. The lowest BCUT2D eigenvalue weighted by Gasteiger charge is -2.21. The highest BCUT2D eigenvalue weighted by atomic mass is 16.5. The maximum Gasteiger partial charge on any atom is 0.340 e. The molecule has 1 aromatic carbocycles. The normalized spacial score (nSPS) is 16.6. The van der Waals surface area contributed by atoms with Crippen molar-refractivity contribution in [2.45, 2.75) is 46.4 Å². The van der Waals surface area contributed by atoms with Crippen molar-refractivity contribution in [3.8, 4) is 17.5 Å². The molecule has 0 fully saturated rings. The zero-order chi connectivity index (χ0) is 21.3. The SMILES string of the molecule is CCc1c2c(nc3cc(C#N)c(C)c(C)c13)-c1cc3c(c(=O)n1C2)COC(=O)C3O. The van der Waals surface area contributed by atoms with Crippen LogP contribution in [0, 0.1) is 25.2 Å². The van der Waals surface area contributed by atoms with Gasteiger partial charge in [0.2, 0.25) is 0 Å². The summed E-state index contributed by atoms with van der Waals surface area (Å²) < 4.78 is 6.58. The van der Waals surface area contributed by atoms with E-state index in [0.29, 0.717) is 34.6 Å². The number of nitriles is 1. The third kappa shape index (κ3) is 2.25. The van der Waals surface area contributed by atoms with Crippen molar-refractivity contribution >= 4 is 16.9 Å². The molecule has 0 bridgehead atoms. The molecule has 5 rings (SSSR count). The quantitative estimate of drug-likeness (QED) is 0.492. The molecule has 7 nitrogen and oxygen atoms in total. The van der Waals surface area contributed by atoms with E-state index in [1.165, 1.54) is 0 Å². The molecule has 0 spiro atoms. The van der Waals surface area contributed by atoms with Gasteiger partial charge in [0.25, 0.3) is 5.56 Å². The van der Waals surface area contributed by atoms with Crippen LogP contribution >= 0.6 is 0 Å². The number of nitrogens with zero attached hydrogens (tertiary/aromatic N) is 3. The molecule has 0 saturated carbocycles. The highest BCUT2D eigenvalue weighted by molar-refractivity contribution is 5.92. The maximum absolute atomic E-state index is 13.1. The number of aromatic nitrogens is 2. The Kier molecular flexibility index (Phi) is 3.86. The third-order valence-electron chi connectivity index (χ3n) is 6.41. The summed E-state index contributed by atoms with van der Waals surface area (Å²) >= 11 is 0. The minimum atomic E-state index is -1.47. The molecule has 0 saturated heterocycles. The monoisotopic (exact) mass is 401 g/mol. The van der Waals surface area contributed by atoms with Gasteiger partial charge in [-0.1, -0.05) is 6.92 Å². The second-order valence-corrected chi connectivity index (χ2v) is 7.82. The molecule has 2 aromatic heterocycles. The number of aliphatic hydroxyl groups excluding tert-OH is 1. The summed E-state index contributed by atoms with van der Waals surface area (Å²) in [7, 11) is 0. The Labute approximate surface area is 172 Å². The van der Waals surface area contributed by atoms with Gasteiger partial charge in [-0.15, -0.1) is 0 Å². The van der Waals surface area contributed by atoms with Crippen molar-refractivity contribution in [1.82, 2.24) is 9.55 Å². The number of aryl methyl sites for hydroxylation is 2. The van der Waals surface area contributed by atoms with Gasteiger partial charge in [-0.2, -0.15) is 5.26 Å². The van der Waals surface area contributed by atoms with E-state index in [9.17, 15) is 20.0 Å². The predicted molar refractivity (Wildman–Crippen MR) is 109 cm³/mol. The lowest BCUT2D eigenvalue weighted by molar-refractivity contribution is -0.157. The van der Waals surface area contributed by atoms with Crippen LogP contribution in [0.4, 0.5) is 0 Å². The van der Waals surface area contributed by atoms with Crippen molar-refractivity contribution < 1.29 is 14.6 Å². The molecule has 7 heteroatoms. The number of carbonyl (C=O) groups excluding carboxylic acids is 1. The molecule has 150 valence electrons. The van der Waals surface area contributed by atoms with Gasteiger partial charge in [0.05, 0.1) is 40.6 Å². The second-order valence-electron chi connectivity index (χ2n) is 7.82. The first-order valence-corrected chi connectivity index (χ1v) is 9.84. The third-order valence-corrected chi connectivity index (χ3v) is 6.41. The Morgan fingerprint density at radius 3 is 2.73 bits per heavy atom. The molecule has 0 amide bonds. The van der Waals surface area contributed by atoms with Crippen LogP contribution in [0.3, 0.4) is 0 Å². The number of fused-ring (bicyclic) bond motifs is 5. The number of cyclic esters (lactones) is 1. The van der Waals surface area contributed by atoms with E-state index in [-0.39, 0.29) is 17.7 Å². The van der Waals surface area contributed by atoms with Crippen LogP contribution in [-0.2, 0) is 29.1 Å². The summed E-state index contributed by atoms with van der Waals surface area (Å²) in [5.41, 5.74) is 6.88. The van der Waals surface area contributed by atoms with Crippen LogP contribution in [0.2, 0.25) is 0 Å². The average Bonchev–Trinajstić information content (AvgIpc) is 3.11. The van der Waals surface area contributed by atoms with E-state index in [2.05, 4.69) is 13.0 Å². The topological polar surface area (TPSA) is 105 Å². The van der Waals surface area contributed by atoms with Crippen molar-refractivity contribution in [2.75, 3.05) is 0 Å². The van der Waals surface area contributed by atoms with Gasteiger partial charge in [0.15, 0.2) is 6.10 Å². The summed E-state index contributed by atoms with van der Waals surface area (Å²) in [6, 6.07) is 5.71. The highest BCUT2D eigenvalue weighted by Gasteiger charge is 2.34. The predicted octanol–water partition coefficient (Wildman–Crippen LogP) is 2.57. The Morgan fingerprint density at radius 1 is 1.27 bits per heavy atom. The van der Waals surface area contributed by atoms with E-state index in [4.69, 9.17) is 9.72 Å². The molecule has 0 aliphatic carbocycles. The smallest absolute Gasteiger partial charge is 0.340 e. The zero-order valence-corrected chi connectivity index (χ0v) is 16.9. The van der Waals surface area contributed by atoms with Gasteiger partial charge in [-0.3, -0.25) is 4.79 Å². The molecule has 2 aliphatic rings. The van der Waals surface area contributed by atoms with Crippen molar-refractivity contribution in [2.24, 2.45) is 0 Å².